The quantitative estimate of drug-likeness (QED) is 0.802. The molecule has 0 N–H and O–H groups in total. The maximum Gasteiger partial charge on any atom is 0.393 e. The molecule has 1 amide bonds. The first-order chi connectivity index (χ1) is 11.2. The minimum absolute atomic E-state index is 0.0670. The standard InChI is InChI=1S/C16H19F3N4O/c1-9-7-10(2)23-14(20-9)13(11(3)21-23)15(24)22-6-4-5-12(8-22)16(17,18)19/h7,12H,4-6,8H2,1-3H3/t12-/m0/s1. The summed E-state index contributed by atoms with van der Waals surface area (Å²) in [6.07, 6.45) is -3.86. The van der Waals surface area contributed by atoms with E-state index >= 15 is 0 Å². The molecular formula is C16H19F3N4O. The lowest BCUT2D eigenvalue weighted by Gasteiger charge is -2.33. The highest BCUT2D eigenvalue weighted by Gasteiger charge is 2.43. The molecule has 0 unspecified atom stereocenters. The van der Waals surface area contributed by atoms with E-state index in [-0.39, 0.29) is 13.0 Å². The van der Waals surface area contributed by atoms with Crippen LogP contribution in [-0.2, 0) is 0 Å². The zero-order chi connectivity index (χ0) is 17.6. The Morgan fingerprint density at radius 2 is 2.00 bits per heavy atom. The second kappa shape index (κ2) is 5.75. The third-order valence-corrected chi connectivity index (χ3v) is 4.46. The van der Waals surface area contributed by atoms with Crippen molar-refractivity contribution in [2.24, 2.45) is 5.92 Å². The average molecular weight is 340 g/mol. The number of alkyl halides is 3. The van der Waals surface area contributed by atoms with E-state index < -0.39 is 18.0 Å². The number of likely N-dealkylation sites (tertiary alicyclic amines) is 1. The van der Waals surface area contributed by atoms with E-state index in [9.17, 15) is 18.0 Å². The molecule has 2 aromatic heterocycles. The van der Waals surface area contributed by atoms with E-state index in [2.05, 4.69) is 10.1 Å². The van der Waals surface area contributed by atoms with Gasteiger partial charge in [0.25, 0.3) is 5.91 Å². The van der Waals surface area contributed by atoms with E-state index in [1.165, 1.54) is 4.90 Å². The molecular weight excluding hydrogens is 321 g/mol. The van der Waals surface area contributed by atoms with Gasteiger partial charge in [-0.15, -0.1) is 0 Å². The third kappa shape index (κ3) is 2.85. The second-order valence-corrected chi connectivity index (χ2v) is 6.37. The monoisotopic (exact) mass is 340 g/mol. The molecule has 1 fully saturated rings. The first-order valence-electron chi connectivity index (χ1n) is 7.88. The lowest BCUT2D eigenvalue weighted by molar-refractivity contribution is -0.184. The zero-order valence-electron chi connectivity index (χ0n) is 13.8. The number of rotatable bonds is 1. The topological polar surface area (TPSA) is 50.5 Å². The SMILES string of the molecule is Cc1cc(C)n2nc(C)c(C(=O)N3CCC[C@H](C(F)(F)F)C3)c2n1. The van der Waals surface area contributed by atoms with Crippen LogP contribution in [0.5, 0.6) is 0 Å². The van der Waals surface area contributed by atoms with Crippen molar-refractivity contribution >= 4 is 11.6 Å². The molecule has 0 aliphatic carbocycles. The van der Waals surface area contributed by atoms with Gasteiger partial charge in [0.2, 0.25) is 0 Å². The maximum absolute atomic E-state index is 13.0. The summed E-state index contributed by atoms with van der Waals surface area (Å²) in [4.78, 5) is 18.5. The number of aromatic nitrogens is 3. The molecule has 1 aliphatic rings. The van der Waals surface area contributed by atoms with Crippen LogP contribution in [-0.4, -0.2) is 44.7 Å². The van der Waals surface area contributed by atoms with Gasteiger partial charge in [0.1, 0.15) is 5.56 Å². The molecule has 1 saturated heterocycles. The number of fused-ring (bicyclic) bond motifs is 1. The van der Waals surface area contributed by atoms with E-state index in [0.717, 1.165) is 11.4 Å². The third-order valence-electron chi connectivity index (χ3n) is 4.46. The van der Waals surface area contributed by atoms with Crippen LogP contribution in [0.4, 0.5) is 13.2 Å². The Balaban J connectivity index is 1.98. The van der Waals surface area contributed by atoms with Crippen LogP contribution in [0.3, 0.4) is 0 Å². The molecule has 3 heterocycles. The molecule has 24 heavy (non-hydrogen) atoms. The highest BCUT2D eigenvalue weighted by Crippen LogP contribution is 2.34. The average Bonchev–Trinajstić information content (AvgIpc) is 2.82. The summed E-state index contributed by atoms with van der Waals surface area (Å²) in [6, 6.07) is 1.84. The largest absolute Gasteiger partial charge is 0.393 e. The molecule has 1 atom stereocenters. The van der Waals surface area contributed by atoms with Crippen molar-refractivity contribution in [3.8, 4) is 0 Å². The van der Waals surface area contributed by atoms with E-state index in [1.807, 2.05) is 19.9 Å². The molecule has 0 saturated carbocycles. The van der Waals surface area contributed by atoms with Crippen LogP contribution in [0.15, 0.2) is 6.07 Å². The van der Waals surface area contributed by atoms with Crippen LogP contribution >= 0.6 is 0 Å². The minimum Gasteiger partial charge on any atom is -0.338 e. The van der Waals surface area contributed by atoms with Crippen molar-refractivity contribution in [3.05, 3.63) is 28.7 Å². The predicted octanol–water partition coefficient (Wildman–Crippen LogP) is 3.07. The van der Waals surface area contributed by atoms with Gasteiger partial charge in [-0.1, -0.05) is 0 Å². The van der Waals surface area contributed by atoms with Gasteiger partial charge in [0.05, 0.1) is 11.6 Å². The highest BCUT2D eigenvalue weighted by molar-refractivity contribution is 6.01. The molecule has 0 aromatic carbocycles. The normalized spacial score (nSPS) is 19.1. The smallest absolute Gasteiger partial charge is 0.338 e. The first kappa shape index (κ1) is 16.7. The Bertz CT molecular complexity index is 797. The lowest BCUT2D eigenvalue weighted by Crippen LogP contribution is -2.44. The van der Waals surface area contributed by atoms with E-state index in [0.29, 0.717) is 29.9 Å². The summed E-state index contributed by atoms with van der Waals surface area (Å²) in [5.41, 5.74) is 2.75. The van der Waals surface area contributed by atoms with Gasteiger partial charge >= 0.3 is 6.18 Å². The van der Waals surface area contributed by atoms with E-state index in [1.54, 1.807) is 11.4 Å². The lowest BCUT2D eigenvalue weighted by atomic mass is 9.97. The van der Waals surface area contributed by atoms with Crippen molar-refractivity contribution in [1.82, 2.24) is 19.5 Å². The van der Waals surface area contributed by atoms with Crippen LogP contribution in [0.2, 0.25) is 0 Å². The van der Waals surface area contributed by atoms with E-state index in [4.69, 9.17) is 0 Å². The molecule has 5 nitrogen and oxygen atoms in total. The molecule has 0 bridgehead atoms. The molecule has 0 spiro atoms. The number of halogens is 3. The van der Waals surface area contributed by atoms with Gasteiger partial charge in [-0.05, 0) is 39.7 Å². The van der Waals surface area contributed by atoms with Crippen LogP contribution in [0.25, 0.3) is 5.65 Å². The number of amides is 1. The van der Waals surface area contributed by atoms with Gasteiger partial charge in [-0.2, -0.15) is 18.3 Å². The number of carbonyl (C=O) groups excluding carboxylic acids is 1. The van der Waals surface area contributed by atoms with Crippen molar-refractivity contribution < 1.29 is 18.0 Å². The summed E-state index contributed by atoms with van der Waals surface area (Å²) < 4.78 is 40.5. The summed E-state index contributed by atoms with van der Waals surface area (Å²) in [6.45, 7) is 5.37. The van der Waals surface area contributed by atoms with Gasteiger partial charge < -0.3 is 4.90 Å². The van der Waals surface area contributed by atoms with Gasteiger partial charge in [0.15, 0.2) is 5.65 Å². The Hall–Kier alpha value is -2.12. The van der Waals surface area contributed by atoms with Crippen LogP contribution in [0, 0.1) is 26.7 Å². The number of aryl methyl sites for hydroxylation is 3. The molecule has 8 heteroatoms. The Labute approximate surface area is 137 Å². The minimum atomic E-state index is -4.28. The fourth-order valence-electron chi connectivity index (χ4n) is 3.26. The number of hydrogen-bond acceptors (Lipinski definition) is 3. The van der Waals surface area contributed by atoms with Crippen molar-refractivity contribution in [2.45, 2.75) is 39.8 Å². The summed E-state index contributed by atoms with van der Waals surface area (Å²) in [5.74, 6) is -1.89. The zero-order valence-corrected chi connectivity index (χ0v) is 13.8. The second-order valence-electron chi connectivity index (χ2n) is 6.37. The summed E-state index contributed by atoms with van der Waals surface area (Å²) >= 11 is 0. The van der Waals surface area contributed by atoms with Gasteiger partial charge in [-0.25, -0.2) is 9.50 Å². The fraction of sp³-hybridized carbons (Fsp3) is 0.562. The first-order valence-corrected chi connectivity index (χ1v) is 7.88. The predicted molar refractivity (Wildman–Crippen MR) is 81.9 cm³/mol. The highest BCUT2D eigenvalue weighted by atomic mass is 19.4. The van der Waals surface area contributed by atoms with Crippen molar-refractivity contribution in [2.75, 3.05) is 13.1 Å². The van der Waals surface area contributed by atoms with Gasteiger partial charge in [-0.3, -0.25) is 4.79 Å². The van der Waals surface area contributed by atoms with Crippen molar-refractivity contribution in [3.63, 3.8) is 0 Å². The molecule has 130 valence electrons. The molecule has 1 aliphatic heterocycles. The van der Waals surface area contributed by atoms with Crippen molar-refractivity contribution in [1.29, 1.82) is 0 Å². The molecule has 2 aromatic rings. The molecule has 0 radical (unpaired) electrons. The Morgan fingerprint density at radius 1 is 1.29 bits per heavy atom. The Kier molecular flexibility index (Phi) is 4.01. The summed E-state index contributed by atoms with van der Waals surface area (Å²) in [5, 5.41) is 4.32. The van der Waals surface area contributed by atoms with Crippen LogP contribution in [0.1, 0.15) is 40.3 Å². The number of carbonyl (C=O) groups is 1. The van der Waals surface area contributed by atoms with Gasteiger partial charge in [0, 0.05) is 24.5 Å². The number of piperidine rings is 1. The number of nitrogens with zero attached hydrogens (tertiary/aromatic N) is 4. The fourth-order valence-corrected chi connectivity index (χ4v) is 3.26. The number of hydrogen-bond donors (Lipinski definition) is 0. The van der Waals surface area contributed by atoms with Crippen LogP contribution < -0.4 is 0 Å². The summed E-state index contributed by atoms with van der Waals surface area (Å²) in [7, 11) is 0. The molecule has 3 rings (SSSR count). The Morgan fingerprint density at radius 3 is 2.67 bits per heavy atom. The maximum atomic E-state index is 13.0.